The van der Waals surface area contributed by atoms with Crippen molar-refractivity contribution in [2.45, 2.75) is 92.4 Å². The first-order valence-corrected chi connectivity index (χ1v) is 11.1. The van der Waals surface area contributed by atoms with Crippen LogP contribution in [0.5, 0.6) is 0 Å². The van der Waals surface area contributed by atoms with Crippen molar-refractivity contribution in [3.63, 3.8) is 0 Å². The topological polar surface area (TPSA) is 0 Å². The monoisotopic (exact) mass is 376 g/mol. The molecular formula is C28H40. The molecule has 0 N–H and O–H groups in total. The molecule has 0 amide bonds. The third-order valence-corrected chi connectivity index (χ3v) is 6.29. The van der Waals surface area contributed by atoms with Crippen LogP contribution in [-0.2, 0) is 17.3 Å². The number of hydrogen-bond acceptors (Lipinski definition) is 0. The van der Waals surface area contributed by atoms with Crippen molar-refractivity contribution in [3.05, 3.63) is 75.9 Å². The molecular weight excluding hydrogens is 336 g/mol. The molecule has 0 nitrogen and oxygen atoms in total. The van der Waals surface area contributed by atoms with Crippen LogP contribution in [0.15, 0.2) is 48.0 Å². The molecule has 0 bridgehead atoms. The van der Waals surface area contributed by atoms with Crippen LogP contribution in [0.1, 0.15) is 103 Å². The van der Waals surface area contributed by atoms with Gasteiger partial charge in [0.2, 0.25) is 0 Å². The zero-order chi connectivity index (χ0) is 21.1. The zero-order valence-electron chi connectivity index (χ0n) is 19.7. The van der Waals surface area contributed by atoms with Crippen LogP contribution in [0.4, 0.5) is 0 Å². The second-order valence-corrected chi connectivity index (χ2v) is 9.45. The maximum absolute atomic E-state index is 2.48. The number of hydrogen-bond donors (Lipinski definition) is 0. The van der Waals surface area contributed by atoms with Crippen LogP contribution < -0.4 is 0 Å². The fourth-order valence-electron chi connectivity index (χ4n) is 4.40. The normalized spacial score (nSPS) is 16.5. The Labute approximate surface area is 174 Å². The minimum absolute atomic E-state index is 0.250. The van der Waals surface area contributed by atoms with E-state index in [1.54, 1.807) is 0 Å². The molecule has 2 aromatic carbocycles. The maximum atomic E-state index is 2.48. The van der Waals surface area contributed by atoms with E-state index in [1.165, 1.54) is 51.8 Å². The first kappa shape index (κ1) is 22.5. The molecule has 0 aromatic heterocycles. The van der Waals surface area contributed by atoms with Crippen LogP contribution in [0.2, 0.25) is 0 Å². The van der Waals surface area contributed by atoms with Crippen molar-refractivity contribution in [2.24, 2.45) is 0 Å². The molecule has 0 heterocycles. The maximum Gasteiger partial charge on any atom is -0.0100 e. The highest BCUT2D eigenvalue weighted by Gasteiger charge is 2.37. The lowest BCUT2D eigenvalue weighted by Crippen LogP contribution is -2.33. The lowest BCUT2D eigenvalue weighted by Gasteiger charge is -2.42. The van der Waals surface area contributed by atoms with Crippen molar-refractivity contribution < 1.29 is 0 Å². The summed E-state index contributed by atoms with van der Waals surface area (Å²) in [5, 5.41) is 0. The molecule has 0 saturated carbocycles. The Balaban J connectivity index is 0.00000136. The number of benzene rings is 2. The van der Waals surface area contributed by atoms with Crippen LogP contribution in [0.3, 0.4) is 0 Å². The SMILES string of the molecule is CC.CCc1ccc(C(=C(C)C)c2ccc3c(c2)C(C)(C)CCC3(C)C)cc1. The Morgan fingerprint density at radius 1 is 0.750 bits per heavy atom. The Bertz CT molecular complexity index is 825. The first-order valence-electron chi connectivity index (χ1n) is 11.1. The first-order chi connectivity index (χ1) is 13.2. The molecule has 3 rings (SSSR count). The van der Waals surface area contributed by atoms with E-state index in [-0.39, 0.29) is 10.8 Å². The van der Waals surface area contributed by atoms with Gasteiger partial charge in [0.1, 0.15) is 0 Å². The van der Waals surface area contributed by atoms with Gasteiger partial charge in [0, 0.05) is 0 Å². The summed E-state index contributed by atoms with van der Waals surface area (Å²) >= 11 is 0. The lowest BCUT2D eigenvalue weighted by molar-refractivity contribution is 0.332. The molecule has 0 spiro atoms. The smallest absolute Gasteiger partial charge is 0.0100 e. The summed E-state index contributed by atoms with van der Waals surface area (Å²) in [7, 11) is 0. The summed E-state index contributed by atoms with van der Waals surface area (Å²) in [6.45, 7) is 20.3. The van der Waals surface area contributed by atoms with Gasteiger partial charge in [-0.25, -0.2) is 0 Å². The van der Waals surface area contributed by atoms with Gasteiger partial charge in [0.05, 0.1) is 0 Å². The van der Waals surface area contributed by atoms with Crippen LogP contribution in [-0.4, -0.2) is 0 Å². The minimum Gasteiger partial charge on any atom is -0.0683 e. The van der Waals surface area contributed by atoms with E-state index in [1.807, 2.05) is 13.8 Å². The van der Waals surface area contributed by atoms with Gasteiger partial charge in [-0.2, -0.15) is 0 Å². The summed E-state index contributed by atoms with van der Waals surface area (Å²) in [4.78, 5) is 0. The van der Waals surface area contributed by atoms with E-state index in [4.69, 9.17) is 0 Å². The Morgan fingerprint density at radius 3 is 1.75 bits per heavy atom. The third-order valence-electron chi connectivity index (χ3n) is 6.29. The van der Waals surface area contributed by atoms with Crippen molar-refractivity contribution in [2.75, 3.05) is 0 Å². The molecule has 0 radical (unpaired) electrons. The molecule has 0 unspecified atom stereocenters. The van der Waals surface area contributed by atoms with E-state index < -0.39 is 0 Å². The second-order valence-electron chi connectivity index (χ2n) is 9.45. The fraction of sp³-hybridized carbons (Fsp3) is 0.500. The molecule has 1 aliphatic rings. The van der Waals surface area contributed by atoms with Gasteiger partial charge >= 0.3 is 0 Å². The molecule has 28 heavy (non-hydrogen) atoms. The average molecular weight is 377 g/mol. The van der Waals surface area contributed by atoms with Crippen molar-refractivity contribution in [1.82, 2.24) is 0 Å². The minimum atomic E-state index is 0.250. The number of rotatable bonds is 3. The zero-order valence-corrected chi connectivity index (χ0v) is 19.7. The van der Waals surface area contributed by atoms with Gasteiger partial charge in [0.15, 0.2) is 0 Å². The van der Waals surface area contributed by atoms with Crippen LogP contribution in [0.25, 0.3) is 5.57 Å². The summed E-state index contributed by atoms with van der Waals surface area (Å²) in [5.41, 5.74) is 10.4. The fourth-order valence-corrected chi connectivity index (χ4v) is 4.40. The Hall–Kier alpha value is -1.82. The van der Waals surface area contributed by atoms with Gasteiger partial charge < -0.3 is 0 Å². The summed E-state index contributed by atoms with van der Waals surface area (Å²) in [5.74, 6) is 0. The van der Waals surface area contributed by atoms with Crippen molar-refractivity contribution in [1.29, 1.82) is 0 Å². The third kappa shape index (κ3) is 4.43. The van der Waals surface area contributed by atoms with Gasteiger partial charge in [-0.3, -0.25) is 0 Å². The van der Waals surface area contributed by atoms with E-state index in [9.17, 15) is 0 Å². The number of aryl methyl sites for hydroxylation is 1. The quantitative estimate of drug-likeness (QED) is 0.504. The van der Waals surface area contributed by atoms with E-state index in [0.29, 0.717) is 0 Å². The molecule has 0 aliphatic heterocycles. The van der Waals surface area contributed by atoms with Gasteiger partial charge in [0.25, 0.3) is 0 Å². The van der Waals surface area contributed by atoms with E-state index in [0.717, 1.165) is 6.42 Å². The highest BCUT2D eigenvalue weighted by Crippen LogP contribution is 2.46. The van der Waals surface area contributed by atoms with Gasteiger partial charge in [-0.05, 0) is 77.3 Å². The predicted molar refractivity (Wildman–Crippen MR) is 126 cm³/mol. The Kier molecular flexibility index (Phi) is 6.97. The predicted octanol–water partition coefficient (Wildman–Crippen LogP) is 8.47. The second kappa shape index (κ2) is 8.68. The van der Waals surface area contributed by atoms with E-state index >= 15 is 0 Å². The molecule has 0 atom stereocenters. The highest BCUT2D eigenvalue weighted by atomic mass is 14.4. The van der Waals surface area contributed by atoms with Crippen LogP contribution >= 0.6 is 0 Å². The molecule has 1 aliphatic carbocycles. The Morgan fingerprint density at radius 2 is 1.25 bits per heavy atom. The molecule has 2 aromatic rings. The summed E-state index contributed by atoms with van der Waals surface area (Å²) in [6, 6.07) is 16.3. The molecule has 0 heteroatoms. The van der Waals surface area contributed by atoms with Gasteiger partial charge in [-0.1, -0.05) is 96.5 Å². The van der Waals surface area contributed by atoms with Crippen molar-refractivity contribution in [3.8, 4) is 0 Å². The van der Waals surface area contributed by atoms with Crippen LogP contribution in [0, 0.1) is 0 Å². The average Bonchev–Trinajstić information content (AvgIpc) is 2.68. The van der Waals surface area contributed by atoms with Gasteiger partial charge in [-0.15, -0.1) is 0 Å². The standard InChI is InChI=1S/C26H34.C2H6/c1-8-19-9-11-20(12-10-19)24(18(2)3)21-13-14-22-23(17-21)26(6,7)16-15-25(22,4)5;1-2/h9-14,17H,8,15-16H2,1-7H3;1-2H3. The number of fused-ring (bicyclic) bond motifs is 1. The van der Waals surface area contributed by atoms with Crippen molar-refractivity contribution >= 4 is 5.57 Å². The lowest BCUT2D eigenvalue weighted by atomic mass is 9.62. The molecule has 152 valence electrons. The highest BCUT2D eigenvalue weighted by molar-refractivity contribution is 5.82. The molecule has 0 fully saturated rings. The largest absolute Gasteiger partial charge is 0.0683 e. The summed E-state index contributed by atoms with van der Waals surface area (Å²) < 4.78 is 0. The number of allylic oxidation sites excluding steroid dienone is 1. The summed E-state index contributed by atoms with van der Waals surface area (Å²) in [6.07, 6.45) is 3.61. The molecule has 0 saturated heterocycles. The van der Waals surface area contributed by atoms with E-state index in [2.05, 4.69) is 90.9 Å².